The van der Waals surface area contributed by atoms with Crippen LogP contribution in [0.5, 0.6) is 0 Å². The minimum atomic E-state index is 0.724. The summed E-state index contributed by atoms with van der Waals surface area (Å²) in [5.74, 6) is 2.24. The van der Waals surface area contributed by atoms with Gasteiger partial charge in [-0.1, -0.05) is 19.9 Å². The lowest BCUT2D eigenvalue weighted by Gasteiger charge is -2.32. The Bertz CT molecular complexity index is 300. The van der Waals surface area contributed by atoms with E-state index in [0.29, 0.717) is 0 Å². The first-order valence-electron chi connectivity index (χ1n) is 6.17. The van der Waals surface area contributed by atoms with Gasteiger partial charge in [-0.15, -0.1) is 0 Å². The molecule has 0 atom stereocenters. The number of likely N-dealkylation sites (tertiary alicyclic amines) is 1. The van der Waals surface area contributed by atoms with E-state index in [1.807, 2.05) is 18.5 Å². The number of pyridine rings is 1. The van der Waals surface area contributed by atoms with Crippen molar-refractivity contribution >= 4 is 0 Å². The molecule has 2 heterocycles. The van der Waals surface area contributed by atoms with Crippen LogP contribution in [0.3, 0.4) is 0 Å². The highest BCUT2D eigenvalue weighted by Crippen LogP contribution is 2.27. The van der Waals surface area contributed by atoms with Crippen LogP contribution in [-0.4, -0.2) is 29.5 Å². The first-order chi connectivity index (χ1) is 7.75. The molecule has 0 spiro atoms. The molecule has 16 heavy (non-hydrogen) atoms. The van der Waals surface area contributed by atoms with E-state index in [-0.39, 0.29) is 0 Å². The second kappa shape index (κ2) is 5.44. The number of aromatic nitrogens is 1. The lowest BCUT2D eigenvalue weighted by atomic mass is 9.90. The van der Waals surface area contributed by atoms with Gasteiger partial charge >= 0.3 is 0 Å². The summed E-state index contributed by atoms with van der Waals surface area (Å²) in [5, 5.41) is 0. The molecule has 87 valence electrons. The normalized spacial score (nSPS) is 19.2. The van der Waals surface area contributed by atoms with Gasteiger partial charge < -0.3 is 4.90 Å². The fraction of sp³-hybridized carbons (Fsp3) is 0.571. The van der Waals surface area contributed by atoms with Crippen molar-refractivity contribution in [2.24, 2.45) is 0 Å². The summed E-state index contributed by atoms with van der Waals surface area (Å²) in [6.07, 6.45) is 6.43. The Hall–Kier alpha value is -0.890. The Morgan fingerprint density at radius 2 is 2.12 bits per heavy atom. The molecule has 1 fully saturated rings. The van der Waals surface area contributed by atoms with Gasteiger partial charge in [0.1, 0.15) is 0 Å². The fourth-order valence-corrected chi connectivity index (χ4v) is 2.49. The summed E-state index contributed by atoms with van der Waals surface area (Å²) in [6.45, 7) is 8.05. The maximum atomic E-state index is 4.21. The summed E-state index contributed by atoms with van der Waals surface area (Å²) >= 11 is 0. The van der Waals surface area contributed by atoms with E-state index in [2.05, 4.69) is 29.8 Å². The van der Waals surface area contributed by atoms with Gasteiger partial charge in [-0.05, 0) is 49.4 Å². The molecule has 0 unspecified atom stereocenters. The molecule has 1 aromatic heterocycles. The van der Waals surface area contributed by atoms with E-state index in [1.165, 1.54) is 44.0 Å². The second-order valence-electron chi connectivity index (χ2n) is 5.04. The zero-order chi connectivity index (χ0) is 11.4. The average molecular weight is 217 g/mol. The van der Waals surface area contributed by atoms with Crippen LogP contribution in [0.25, 0.3) is 0 Å². The van der Waals surface area contributed by atoms with Crippen LogP contribution in [0.4, 0.5) is 0 Å². The molecule has 0 aliphatic carbocycles. The van der Waals surface area contributed by atoms with Gasteiger partial charge in [-0.25, -0.2) is 0 Å². The fourth-order valence-electron chi connectivity index (χ4n) is 2.49. The summed E-state index contributed by atoms with van der Waals surface area (Å²) < 4.78 is 0. The van der Waals surface area contributed by atoms with Crippen LogP contribution < -0.4 is 0 Å². The number of hydrogen-bond donors (Lipinski definition) is 0. The number of hydrogen-bond acceptors (Lipinski definition) is 2. The second-order valence-corrected chi connectivity index (χ2v) is 5.04. The quantitative estimate of drug-likeness (QED) is 0.774. The summed E-state index contributed by atoms with van der Waals surface area (Å²) in [4.78, 5) is 6.77. The molecule has 1 aromatic rings. The van der Waals surface area contributed by atoms with Crippen molar-refractivity contribution in [2.45, 2.75) is 32.6 Å². The third-order valence-corrected chi connectivity index (χ3v) is 3.28. The lowest BCUT2D eigenvalue weighted by Crippen LogP contribution is -2.35. The highest BCUT2D eigenvalue weighted by atomic mass is 15.1. The molecule has 0 bridgehead atoms. The molecule has 1 radical (unpaired) electrons. The Morgan fingerprint density at radius 1 is 1.38 bits per heavy atom. The molecule has 0 N–H and O–H groups in total. The first kappa shape index (κ1) is 11.6. The first-order valence-corrected chi connectivity index (χ1v) is 6.17. The van der Waals surface area contributed by atoms with Crippen molar-refractivity contribution in [2.75, 3.05) is 19.6 Å². The maximum absolute atomic E-state index is 4.21. The summed E-state index contributed by atoms with van der Waals surface area (Å²) in [6, 6.07) is 4.26. The molecule has 1 aliphatic rings. The molecule has 2 rings (SSSR count). The Morgan fingerprint density at radius 3 is 2.69 bits per heavy atom. The van der Waals surface area contributed by atoms with Gasteiger partial charge in [0.05, 0.1) is 0 Å². The predicted octanol–water partition coefficient (Wildman–Crippen LogP) is 2.88. The minimum Gasteiger partial charge on any atom is -0.303 e. The highest BCUT2D eigenvalue weighted by Gasteiger charge is 2.20. The number of rotatable bonds is 3. The van der Waals surface area contributed by atoms with E-state index >= 15 is 0 Å². The van der Waals surface area contributed by atoms with Gasteiger partial charge in [-0.3, -0.25) is 4.98 Å². The molecule has 2 heteroatoms. The van der Waals surface area contributed by atoms with E-state index in [9.17, 15) is 0 Å². The van der Waals surface area contributed by atoms with Crippen molar-refractivity contribution < 1.29 is 0 Å². The van der Waals surface area contributed by atoms with Crippen LogP contribution in [0.1, 0.15) is 38.2 Å². The average Bonchev–Trinajstić information content (AvgIpc) is 2.30. The Balaban J connectivity index is 1.86. The van der Waals surface area contributed by atoms with E-state index in [0.717, 1.165) is 5.92 Å². The van der Waals surface area contributed by atoms with Gasteiger partial charge in [0, 0.05) is 18.9 Å². The van der Waals surface area contributed by atoms with Gasteiger partial charge in [-0.2, -0.15) is 0 Å². The zero-order valence-corrected chi connectivity index (χ0v) is 10.3. The monoisotopic (exact) mass is 217 g/mol. The van der Waals surface area contributed by atoms with Crippen molar-refractivity contribution in [1.82, 2.24) is 9.88 Å². The van der Waals surface area contributed by atoms with Crippen molar-refractivity contribution in [3.63, 3.8) is 0 Å². The molecule has 2 nitrogen and oxygen atoms in total. The molecule has 1 saturated heterocycles. The minimum absolute atomic E-state index is 0.724. The smallest absolute Gasteiger partial charge is 0.0302 e. The summed E-state index contributed by atoms with van der Waals surface area (Å²) in [5.41, 5.74) is 1.42. The zero-order valence-electron chi connectivity index (χ0n) is 10.3. The van der Waals surface area contributed by atoms with Crippen molar-refractivity contribution in [3.8, 4) is 0 Å². The van der Waals surface area contributed by atoms with Crippen LogP contribution in [0.15, 0.2) is 24.5 Å². The standard InChI is InChI=1S/C14H21N2/c1-12(2)11-16-8-5-13(6-9-16)14-4-3-7-15-10-14/h3-4,7,10,13H,5-6,8-9,11H2,1-2H3. The molecule has 1 aliphatic heterocycles. The number of nitrogens with zero attached hydrogens (tertiary/aromatic N) is 2. The lowest BCUT2D eigenvalue weighted by molar-refractivity contribution is 0.220. The summed E-state index contributed by atoms with van der Waals surface area (Å²) in [7, 11) is 0. The molecular formula is C14H21N2. The number of piperidine rings is 1. The van der Waals surface area contributed by atoms with Gasteiger partial charge in [0.15, 0.2) is 0 Å². The Kier molecular flexibility index (Phi) is 3.94. The maximum Gasteiger partial charge on any atom is 0.0302 e. The topological polar surface area (TPSA) is 16.1 Å². The van der Waals surface area contributed by atoms with Gasteiger partial charge in [0.2, 0.25) is 0 Å². The van der Waals surface area contributed by atoms with Crippen LogP contribution in [-0.2, 0) is 0 Å². The molecular weight excluding hydrogens is 196 g/mol. The van der Waals surface area contributed by atoms with Crippen LogP contribution >= 0.6 is 0 Å². The van der Waals surface area contributed by atoms with E-state index in [4.69, 9.17) is 0 Å². The van der Waals surface area contributed by atoms with E-state index in [1.54, 1.807) is 0 Å². The highest BCUT2D eigenvalue weighted by molar-refractivity contribution is 5.15. The molecule has 0 saturated carbocycles. The van der Waals surface area contributed by atoms with Gasteiger partial charge in [0.25, 0.3) is 0 Å². The van der Waals surface area contributed by atoms with Crippen molar-refractivity contribution in [3.05, 3.63) is 36.0 Å². The SMILES string of the molecule is C[C](C)CN1CCC(c2cccnc2)CC1. The molecule has 0 aromatic carbocycles. The Labute approximate surface area is 98.7 Å². The third-order valence-electron chi connectivity index (χ3n) is 3.28. The third kappa shape index (κ3) is 3.05. The van der Waals surface area contributed by atoms with Crippen LogP contribution in [0, 0.1) is 5.92 Å². The van der Waals surface area contributed by atoms with Crippen LogP contribution in [0.2, 0.25) is 0 Å². The largest absolute Gasteiger partial charge is 0.303 e. The predicted molar refractivity (Wildman–Crippen MR) is 67.2 cm³/mol. The van der Waals surface area contributed by atoms with E-state index < -0.39 is 0 Å². The molecule has 0 amide bonds. The van der Waals surface area contributed by atoms with Crippen molar-refractivity contribution in [1.29, 1.82) is 0 Å².